The average Bonchev–Trinajstić information content (AvgIpc) is 2.83. The largest absolute Gasteiger partial charge is 0.341 e. The number of carbonyl (C=O) groups is 1. The van der Waals surface area contributed by atoms with Crippen molar-refractivity contribution in [2.45, 2.75) is 38.1 Å². The maximum absolute atomic E-state index is 12.9. The standard InChI is InChI=1S/C16H34N4O/c1-16(9-6-10-17-16)15(21)20(13-7-11-18(2)3)14-8-12-19(4)5/h17H,6-14H2,1-5H3. The van der Waals surface area contributed by atoms with Crippen LogP contribution in [0.25, 0.3) is 0 Å². The molecule has 124 valence electrons. The lowest BCUT2D eigenvalue weighted by Gasteiger charge is -2.32. The molecule has 5 nitrogen and oxygen atoms in total. The molecule has 1 heterocycles. The molecule has 0 aromatic heterocycles. The van der Waals surface area contributed by atoms with Gasteiger partial charge in [-0.15, -0.1) is 0 Å². The van der Waals surface area contributed by atoms with Gasteiger partial charge in [0.15, 0.2) is 0 Å². The van der Waals surface area contributed by atoms with E-state index in [0.29, 0.717) is 0 Å². The van der Waals surface area contributed by atoms with Crippen LogP contribution in [0.15, 0.2) is 0 Å². The molecule has 1 fully saturated rings. The predicted molar refractivity (Wildman–Crippen MR) is 88.6 cm³/mol. The van der Waals surface area contributed by atoms with Gasteiger partial charge in [0, 0.05) is 13.1 Å². The SMILES string of the molecule is CN(C)CCCN(CCCN(C)C)C(=O)C1(C)CCCN1. The molecule has 0 saturated carbocycles. The van der Waals surface area contributed by atoms with Crippen LogP contribution in [-0.2, 0) is 4.79 Å². The van der Waals surface area contributed by atoms with Crippen molar-refractivity contribution >= 4 is 5.91 Å². The van der Waals surface area contributed by atoms with Crippen LogP contribution in [0.3, 0.4) is 0 Å². The second kappa shape index (κ2) is 8.71. The molecule has 21 heavy (non-hydrogen) atoms. The van der Waals surface area contributed by atoms with Crippen LogP contribution in [-0.4, -0.2) is 87.1 Å². The summed E-state index contributed by atoms with van der Waals surface area (Å²) >= 11 is 0. The van der Waals surface area contributed by atoms with E-state index in [1.807, 2.05) is 0 Å². The fraction of sp³-hybridized carbons (Fsp3) is 0.938. The van der Waals surface area contributed by atoms with Gasteiger partial charge in [-0.2, -0.15) is 0 Å². The van der Waals surface area contributed by atoms with Crippen LogP contribution in [0.2, 0.25) is 0 Å². The second-order valence-electron chi connectivity index (χ2n) is 6.97. The van der Waals surface area contributed by atoms with Gasteiger partial charge in [-0.1, -0.05) is 0 Å². The highest BCUT2D eigenvalue weighted by Gasteiger charge is 2.38. The number of nitrogens with zero attached hydrogens (tertiary/aromatic N) is 3. The fourth-order valence-electron chi connectivity index (χ4n) is 2.90. The quantitative estimate of drug-likeness (QED) is 0.685. The average molecular weight is 298 g/mol. The van der Waals surface area contributed by atoms with E-state index in [1.54, 1.807) is 0 Å². The summed E-state index contributed by atoms with van der Waals surface area (Å²) in [5.41, 5.74) is -0.337. The van der Waals surface area contributed by atoms with Crippen molar-refractivity contribution in [1.82, 2.24) is 20.0 Å². The zero-order chi connectivity index (χ0) is 15.9. The number of hydrogen-bond acceptors (Lipinski definition) is 4. The van der Waals surface area contributed by atoms with Gasteiger partial charge in [-0.25, -0.2) is 0 Å². The van der Waals surface area contributed by atoms with E-state index in [2.05, 4.69) is 55.1 Å². The smallest absolute Gasteiger partial charge is 0.242 e. The second-order valence-corrected chi connectivity index (χ2v) is 6.97. The molecular weight excluding hydrogens is 264 g/mol. The van der Waals surface area contributed by atoms with Crippen molar-refractivity contribution in [2.24, 2.45) is 0 Å². The van der Waals surface area contributed by atoms with E-state index < -0.39 is 0 Å². The van der Waals surface area contributed by atoms with Crippen LogP contribution in [0, 0.1) is 0 Å². The summed E-state index contributed by atoms with van der Waals surface area (Å²) in [6.45, 7) is 6.81. The molecule has 1 aliphatic rings. The normalized spacial score (nSPS) is 22.2. The Hall–Kier alpha value is -0.650. The zero-order valence-electron chi connectivity index (χ0n) is 14.6. The molecule has 1 aliphatic heterocycles. The molecule has 1 atom stereocenters. The molecule has 0 radical (unpaired) electrons. The van der Waals surface area contributed by atoms with E-state index in [4.69, 9.17) is 0 Å². The maximum Gasteiger partial charge on any atom is 0.242 e. The minimum Gasteiger partial charge on any atom is -0.341 e. The molecule has 0 aromatic carbocycles. The molecule has 0 spiro atoms. The van der Waals surface area contributed by atoms with E-state index in [0.717, 1.165) is 58.4 Å². The Morgan fingerprint density at radius 1 is 1.00 bits per heavy atom. The lowest BCUT2D eigenvalue weighted by Crippen LogP contribution is -2.53. The van der Waals surface area contributed by atoms with Gasteiger partial charge in [-0.05, 0) is 80.4 Å². The van der Waals surface area contributed by atoms with Gasteiger partial charge in [-0.3, -0.25) is 4.79 Å². The highest BCUT2D eigenvalue weighted by Crippen LogP contribution is 2.21. The molecule has 1 unspecified atom stereocenters. The lowest BCUT2D eigenvalue weighted by atomic mass is 9.98. The third-order valence-corrected chi connectivity index (χ3v) is 4.19. The topological polar surface area (TPSA) is 38.8 Å². The molecule has 5 heteroatoms. The summed E-state index contributed by atoms with van der Waals surface area (Å²) in [7, 11) is 8.33. The Bertz CT molecular complexity index is 297. The molecule has 1 saturated heterocycles. The first kappa shape index (κ1) is 18.4. The van der Waals surface area contributed by atoms with Crippen molar-refractivity contribution in [2.75, 3.05) is 60.9 Å². The van der Waals surface area contributed by atoms with Gasteiger partial charge >= 0.3 is 0 Å². The van der Waals surface area contributed by atoms with Gasteiger partial charge in [0.2, 0.25) is 5.91 Å². The molecule has 1 rings (SSSR count). The minimum absolute atomic E-state index is 0.289. The Morgan fingerprint density at radius 3 is 1.90 bits per heavy atom. The Morgan fingerprint density at radius 2 is 1.52 bits per heavy atom. The maximum atomic E-state index is 12.9. The molecule has 1 N–H and O–H groups in total. The van der Waals surface area contributed by atoms with Crippen molar-refractivity contribution in [3.63, 3.8) is 0 Å². The van der Waals surface area contributed by atoms with Gasteiger partial charge in [0.05, 0.1) is 5.54 Å². The molecule has 1 amide bonds. The van der Waals surface area contributed by atoms with Crippen LogP contribution >= 0.6 is 0 Å². The summed E-state index contributed by atoms with van der Waals surface area (Å²) in [5.74, 6) is 0.289. The number of carbonyl (C=O) groups excluding carboxylic acids is 1. The van der Waals surface area contributed by atoms with Crippen LogP contribution in [0.1, 0.15) is 32.6 Å². The van der Waals surface area contributed by atoms with Crippen LogP contribution < -0.4 is 5.32 Å². The molecule has 0 bridgehead atoms. The number of amides is 1. The van der Waals surface area contributed by atoms with E-state index >= 15 is 0 Å². The predicted octanol–water partition coefficient (Wildman–Crippen LogP) is 0.861. The third kappa shape index (κ3) is 6.32. The number of nitrogens with one attached hydrogen (secondary N) is 1. The highest BCUT2D eigenvalue weighted by molar-refractivity contribution is 5.86. The third-order valence-electron chi connectivity index (χ3n) is 4.19. The van der Waals surface area contributed by atoms with Gasteiger partial charge in [0.25, 0.3) is 0 Å². The lowest BCUT2D eigenvalue weighted by molar-refractivity contribution is -0.137. The number of rotatable bonds is 9. The Kier molecular flexibility index (Phi) is 7.63. The van der Waals surface area contributed by atoms with Crippen LogP contribution in [0.4, 0.5) is 0 Å². The fourth-order valence-corrected chi connectivity index (χ4v) is 2.90. The highest BCUT2D eigenvalue weighted by atomic mass is 16.2. The van der Waals surface area contributed by atoms with Crippen molar-refractivity contribution < 1.29 is 4.79 Å². The minimum atomic E-state index is -0.337. The Labute approximate surface area is 130 Å². The molecule has 0 aromatic rings. The monoisotopic (exact) mass is 298 g/mol. The van der Waals surface area contributed by atoms with Gasteiger partial charge in [0.1, 0.15) is 0 Å². The zero-order valence-corrected chi connectivity index (χ0v) is 14.6. The molecular formula is C16H34N4O. The van der Waals surface area contributed by atoms with Crippen molar-refractivity contribution in [3.8, 4) is 0 Å². The summed E-state index contributed by atoms with van der Waals surface area (Å²) in [6, 6.07) is 0. The first-order valence-electron chi connectivity index (χ1n) is 8.19. The summed E-state index contributed by atoms with van der Waals surface area (Å²) in [4.78, 5) is 19.3. The number of hydrogen-bond donors (Lipinski definition) is 1. The van der Waals surface area contributed by atoms with Gasteiger partial charge < -0.3 is 20.0 Å². The van der Waals surface area contributed by atoms with Crippen molar-refractivity contribution in [3.05, 3.63) is 0 Å². The summed E-state index contributed by atoms with van der Waals surface area (Å²) in [6.07, 6.45) is 4.14. The van der Waals surface area contributed by atoms with Crippen LogP contribution in [0.5, 0.6) is 0 Å². The van der Waals surface area contributed by atoms with E-state index in [9.17, 15) is 4.79 Å². The molecule has 0 aliphatic carbocycles. The summed E-state index contributed by atoms with van der Waals surface area (Å²) in [5, 5.41) is 3.40. The first-order valence-corrected chi connectivity index (χ1v) is 8.19. The van der Waals surface area contributed by atoms with E-state index in [1.165, 1.54) is 0 Å². The first-order chi connectivity index (χ1) is 9.85. The Balaban J connectivity index is 2.54. The van der Waals surface area contributed by atoms with E-state index in [-0.39, 0.29) is 11.4 Å². The van der Waals surface area contributed by atoms with Crippen molar-refractivity contribution in [1.29, 1.82) is 0 Å². The summed E-state index contributed by atoms with van der Waals surface area (Å²) < 4.78 is 0.